The van der Waals surface area contributed by atoms with Crippen molar-refractivity contribution in [2.24, 2.45) is 0 Å². The van der Waals surface area contributed by atoms with Crippen LogP contribution in [0.5, 0.6) is 0 Å². The number of fused-ring (bicyclic) bond motifs is 1. The first kappa shape index (κ1) is 23.3. The van der Waals surface area contributed by atoms with Crippen molar-refractivity contribution in [3.05, 3.63) is 95.2 Å². The number of anilines is 2. The zero-order valence-corrected chi connectivity index (χ0v) is 21.2. The molecule has 5 nitrogen and oxygen atoms in total. The summed E-state index contributed by atoms with van der Waals surface area (Å²) in [6.45, 7) is 1.86. The summed E-state index contributed by atoms with van der Waals surface area (Å²) in [6, 6.07) is 25.1. The van der Waals surface area contributed by atoms with E-state index in [9.17, 15) is 9.59 Å². The fourth-order valence-electron chi connectivity index (χ4n) is 3.48. The summed E-state index contributed by atoms with van der Waals surface area (Å²) >= 11 is 4.50. The predicted molar refractivity (Wildman–Crippen MR) is 148 cm³/mol. The number of nitrogens with zero attached hydrogens (tertiary/aromatic N) is 1. The van der Waals surface area contributed by atoms with Gasteiger partial charge in [0, 0.05) is 21.5 Å². The van der Waals surface area contributed by atoms with Crippen LogP contribution in [-0.2, 0) is 4.79 Å². The number of benzene rings is 3. The smallest absolute Gasteiger partial charge is 0.255 e. The van der Waals surface area contributed by atoms with E-state index in [4.69, 9.17) is 0 Å². The van der Waals surface area contributed by atoms with E-state index < -0.39 is 0 Å². The largest absolute Gasteiger partial charge is 0.322 e. The quantitative estimate of drug-likeness (QED) is 0.222. The summed E-state index contributed by atoms with van der Waals surface area (Å²) in [5.74, 6) is -0.259. The summed E-state index contributed by atoms with van der Waals surface area (Å²) in [6.07, 6.45) is 0. The molecule has 3 aromatic carbocycles. The molecule has 2 heterocycles. The van der Waals surface area contributed by atoms with E-state index in [1.165, 1.54) is 23.1 Å². The topological polar surface area (TPSA) is 71.1 Å². The van der Waals surface area contributed by atoms with Gasteiger partial charge < -0.3 is 10.6 Å². The fourth-order valence-corrected chi connectivity index (χ4v) is 5.83. The number of rotatable bonds is 7. The van der Waals surface area contributed by atoms with Gasteiger partial charge in [-0.2, -0.15) is 0 Å². The Labute approximate surface area is 215 Å². The number of amides is 2. The number of nitrogens with one attached hydrogen (secondary N) is 2. The van der Waals surface area contributed by atoms with Gasteiger partial charge in [0.15, 0.2) is 5.13 Å². The lowest BCUT2D eigenvalue weighted by Crippen LogP contribution is -2.22. The van der Waals surface area contributed by atoms with Crippen molar-refractivity contribution in [2.45, 2.75) is 17.1 Å². The lowest BCUT2D eigenvalue weighted by atomic mass is 10.1. The number of hydrogen-bond acceptors (Lipinski definition) is 6. The average Bonchev–Trinajstić information content (AvgIpc) is 3.57. The fraction of sp³-hybridized carbons (Fsp3) is 0.0741. The number of carbonyl (C=O) groups excluding carboxylic acids is 2. The molecule has 1 atom stereocenters. The molecule has 0 saturated heterocycles. The van der Waals surface area contributed by atoms with Crippen molar-refractivity contribution in [1.29, 1.82) is 0 Å². The first-order valence-electron chi connectivity index (χ1n) is 10.9. The standard InChI is InChI=1S/C27H21N3O2S3/c1-17(25(31)30-27-29-23(16-34-27)24-7-4-14-33-24)35-22-12-10-21(11-13-22)28-26(32)20-9-8-18-5-2-3-6-19(18)15-20/h2-17H,1H3,(H,28,32)(H,29,30,31). The molecule has 0 spiro atoms. The first-order valence-corrected chi connectivity index (χ1v) is 13.6. The molecule has 0 bridgehead atoms. The van der Waals surface area contributed by atoms with Crippen LogP contribution >= 0.6 is 34.4 Å². The van der Waals surface area contributed by atoms with Gasteiger partial charge in [0.2, 0.25) is 5.91 Å². The van der Waals surface area contributed by atoms with Crippen LogP contribution in [0.4, 0.5) is 10.8 Å². The molecule has 35 heavy (non-hydrogen) atoms. The number of hydrogen-bond donors (Lipinski definition) is 2. The summed E-state index contributed by atoms with van der Waals surface area (Å²) in [7, 11) is 0. The molecule has 0 aliphatic carbocycles. The molecule has 5 rings (SSSR count). The third-order valence-electron chi connectivity index (χ3n) is 5.31. The summed E-state index contributed by atoms with van der Waals surface area (Å²) in [5, 5.41) is 12.2. The molecule has 2 aromatic heterocycles. The average molecular weight is 516 g/mol. The number of carbonyl (C=O) groups is 2. The van der Waals surface area contributed by atoms with E-state index in [0.717, 1.165) is 26.2 Å². The van der Waals surface area contributed by atoms with Crippen molar-refractivity contribution in [2.75, 3.05) is 10.6 Å². The molecule has 0 aliphatic heterocycles. The number of thiophene rings is 1. The Morgan fingerprint density at radius 1 is 0.886 bits per heavy atom. The Balaban J connectivity index is 1.17. The summed E-state index contributed by atoms with van der Waals surface area (Å²) < 4.78 is 0. The minimum atomic E-state index is -0.304. The molecule has 5 aromatic rings. The summed E-state index contributed by atoms with van der Waals surface area (Å²) in [4.78, 5) is 31.9. The molecule has 174 valence electrons. The molecule has 0 saturated carbocycles. The molecular weight excluding hydrogens is 495 g/mol. The molecule has 8 heteroatoms. The van der Waals surface area contributed by atoms with Gasteiger partial charge in [-0.1, -0.05) is 36.4 Å². The second kappa shape index (κ2) is 10.4. The van der Waals surface area contributed by atoms with Crippen molar-refractivity contribution < 1.29 is 9.59 Å². The highest BCUT2D eigenvalue weighted by Gasteiger charge is 2.17. The maximum absolute atomic E-state index is 12.7. The van der Waals surface area contributed by atoms with Crippen LogP contribution < -0.4 is 10.6 Å². The first-order chi connectivity index (χ1) is 17.0. The highest BCUT2D eigenvalue weighted by atomic mass is 32.2. The third kappa shape index (κ3) is 5.62. The van der Waals surface area contributed by atoms with Gasteiger partial charge in [-0.3, -0.25) is 9.59 Å². The number of thiazole rings is 1. The van der Waals surface area contributed by atoms with Gasteiger partial charge in [0.1, 0.15) is 0 Å². The maximum atomic E-state index is 12.7. The van der Waals surface area contributed by atoms with Crippen LogP contribution in [-0.4, -0.2) is 22.0 Å². The van der Waals surface area contributed by atoms with Crippen molar-refractivity contribution in [1.82, 2.24) is 4.98 Å². The molecule has 0 aliphatic rings. The molecule has 0 fully saturated rings. The molecule has 1 unspecified atom stereocenters. The minimum absolute atomic E-state index is 0.101. The third-order valence-corrected chi connectivity index (χ3v) is 8.08. The van der Waals surface area contributed by atoms with Gasteiger partial charge >= 0.3 is 0 Å². The van der Waals surface area contributed by atoms with E-state index >= 15 is 0 Å². The second-order valence-electron chi connectivity index (χ2n) is 7.80. The lowest BCUT2D eigenvalue weighted by molar-refractivity contribution is -0.115. The summed E-state index contributed by atoms with van der Waals surface area (Å²) in [5.41, 5.74) is 2.19. The van der Waals surface area contributed by atoms with E-state index in [1.807, 2.05) is 96.5 Å². The minimum Gasteiger partial charge on any atom is -0.322 e. The Morgan fingerprint density at radius 3 is 2.46 bits per heavy atom. The van der Waals surface area contributed by atoms with E-state index in [2.05, 4.69) is 15.6 Å². The Morgan fingerprint density at radius 2 is 1.69 bits per heavy atom. The molecule has 2 N–H and O–H groups in total. The van der Waals surface area contributed by atoms with Crippen molar-refractivity contribution in [3.8, 4) is 10.6 Å². The van der Waals surface area contributed by atoms with Gasteiger partial charge in [-0.05, 0) is 65.5 Å². The predicted octanol–water partition coefficient (Wildman–Crippen LogP) is 7.40. The monoisotopic (exact) mass is 515 g/mol. The number of thioether (sulfide) groups is 1. The van der Waals surface area contributed by atoms with Crippen LogP contribution in [0, 0.1) is 0 Å². The zero-order valence-electron chi connectivity index (χ0n) is 18.7. The van der Waals surface area contributed by atoms with Gasteiger partial charge in [0.05, 0.1) is 15.8 Å². The lowest BCUT2D eigenvalue weighted by Gasteiger charge is -2.11. The van der Waals surface area contributed by atoms with Crippen molar-refractivity contribution in [3.63, 3.8) is 0 Å². The Kier molecular flexibility index (Phi) is 6.94. The van der Waals surface area contributed by atoms with E-state index in [-0.39, 0.29) is 17.1 Å². The van der Waals surface area contributed by atoms with Crippen LogP contribution in [0.15, 0.2) is 94.5 Å². The number of aromatic nitrogens is 1. The van der Waals surface area contributed by atoms with Crippen LogP contribution in [0.3, 0.4) is 0 Å². The van der Waals surface area contributed by atoms with E-state index in [1.54, 1.807) is 11.3 Å². The Bertz CT molecular complexity index is 1480. The SMILES string of the molecule is CC(Sc1ccc(NC(=O)c2ccc3ccccc3c2)cc1)C(=O)Nc1nc(-c2cccs2)cs1. The highest BCUT2D eigenvalue weighted by molar-refractivity contribution is 8.00. The molecule has 0 radical (unpaired) electrons. The highest BCUT2D eigenvalue weighted by Crippen LogP contribution is 2.30. The maximum Gasteiger partial charge on any atom is 0.255 e. The Hall–Kier alpha value is -3.46. The second-order valence-corrected chi connectivity index (χ2v) is 11.0. The normalized spacial score (nSPS) is 11.8. The molecular formula is C27H21N3O2S3. The van der Waals surface area contributed by atoms with Gasteiger partial charge in [-0.15, -0.1) is 34.4 Å². The van der Waals surface area contributed by atoms with Crippen LogP contribution in [0.2, 0.25) is 0 Å². The van der Waals surface area contributed by atoms with E-state index in [0.29, 0.717) is 16.4 Å². The molecule has 2 amide bonds. The van der Waals surface area contributed by atoms with Gasteiger partial charge in [0.25, 0.3) is 5.91 Å². The van der Waals surface area contributed by atoms with Crippen LogP contribution in [0.25, 0.3) is 21.3 Å². The zero-order chi connectivity index (χ0) is 24.2. The van der Waals surface area contributed by atoms with Crippen molar-refractivity contribution >= 4 is 67.8 Å². The van der Waals surface area contributed by atoms with Gasteiger partial charge in [-0.25, -0.2) is 4.98 Å². The van der Waals surface area contributed by atoms with Crippen LogP contribution in [0.1, 0.15) is 17.3 Å².